The van der Waals surface area contributed by atoms with Crippen LogP contribution in [0.2, 0.25) is 0 Å². The second kappa shape index (κ2) is 8.03. The highest BCUT2D eigenvalue weighted by Gasteiger charge is 2.31. The Hall–Kier alpha value is -0.160. The zero-order valence-corrected chi connectivity index (χ0v) is 11.7. The van der Waals surface area contributed by atoms with Crippen molar-refractivity contribution in [2.24, 2.45) is 0 Å². The highest BCUT2D eigenvalue weighted by molar-refractivity contribution is 4.88. The van der Waals surface area contributed by atoms with Gasteiger partial charge in [0.15, 0.2) is 0 Å². The van der Waals surface area contributed by atoms with Crippen LogP contribution in [0.3, 0.4) is 0 Å². The number of methoxy groups -OCH3 is 1. The summed E-state index contributed by atoms with van der Waals surface area (Å²) < 4.78 is 10.9. The van der Waals surface area contributed by atoms with Crippen LogP contribution in [-0.2, 0) is 9.47 Å². The minimum atomic E-state index is 0.471. The monoisotopic (exact) mass is 244 g/mol. The average Bonchev–Trinajstić information content (AvgIpc) is 2.31. The van der Waals surface area contributed by atoms with Crippen molar-refractivity contribution in [2.75, 3.05) is 40.0 Å². The van der Waals surface area contributed by atoms with Gasteiger partial charge in [-0.2, -0.15) is 0 Å². The summed E-state index contributed by atoms with van der Waals surface area (Å²) in [6.45, 7) is 11.2. The summed E-state index contributed by atoms with van der Waals surface area (Å²) in [5.74, 6) is 0. The van der Waals surface area contributed by atoms with Gasteiger partial charge in [0.2, 0.25) is 0 Å². The molecule has 2 atom stereocenters. The maximum absolute atomic E-state index is 5.65. The summed E-state index contributed by atoms with van der Waals surface area (Å²) in [4.78, 5) is 2.50. The van der Waals surface area contributed by atoms with Crippen molar-refractivity contribution >= 4 is 0 Å². The molecule has 0 bridgehead atoms. The van der Waals surface area contributed by atoms with Gasteiger partial charge in [0.05, 0.1) is 13.2 Å². The summed E-state index contributed by atoms with van der Waals surface area (Å²) in [5, 5.41) is 3.58. The number of nitrogens with one attached hydrogen (secondary N) is 1. The van der Waals surface area contributed by atoms with Crippen molar-refractivity contribution in [2.45, 2.75) is 45.3 Å². The number of hydrogen-bond donors (Lipinski definition) is 1. The number of ether oxygens (including phenoxy) is 2. The summed E-state index contributed by atoms with van der Waals surface area (Å²) in [6, 6.07) is 1.55. The summed E-state index contributed by atoms with van der Waals surface area (Å²) in [7, 11) is 1.76. The molecule has 1 saturated heterocycles. The van der Waals surface area contributed by atoms with Gasteiger partial charge in [-0.1, -0.05) is 6.92 Å². The number of nitrogens with zero attached hydrogens (tertiary/aromatic N) is 1. The quantitative estimate of drug-likeness (QED) is 0.727. The van der Waals surface area contributed by atoms with E-state index in [0.717, 1.165) is 39.3 Å². The maximum Gasteiger partial charge on any atom is 0.0637 e. The van der Waals surface area contributed by atoms with Gasteiger partial charge >= 0.3 is 0 Å². The van der Waals surface area contributed by atoms with E-state index in [1.54, 1.807) is 7.11 Å². The van der Waals surface area contributed by atoms with Gasteiger partial charge < -0.3 is 14.8 Å². The first-order valence-electron chi connectivity index (χ1n) is 6.76. The van der Waals surface area contributed by atoms with Crippen molar-refractivity contribution in [1.29, 1.82) is 0 Å². The van der Waals surface area contributed by atoms with Gasteiger partial charge in [0.1, 0.15) is 0 Å². The summed E-state index contributed by atoms with van der Waals surface area (Å²) in [6.07, 6.45) is 1.11. The molecule has 2 unspecified atom stereocenters. The van der Waals surface area contributed by atoms with Crippen molar-refractivity contribution in [1.82, 2.24) is 10.2 Å². The molecule has 0 aromatic heterocycles. The van der Waals surface area contributed by atoms with Crippen molar-refractivity contribution in [3.8, 4) is 0 Å². The largest absolute Gasteiger partial charge is 0.383 e. The second-order valence-electron chi connectivity index (χ2n) is 4.92. The molecule has 102 valence electrons. The molecule has 1 aliphatic rings. The lowest BCUT2D eigenvalue weighted by Gasteiger charge is -2.42. The third-order valence-corrected chi connectivity index (χ3v) is 3.44. The fraction of sp³-hybridized carbons (Fsp3) is 1.00. The first kappa shape index (κ1) is 14.9. The molecule has 17 heavy (non-hydrogen) atoms. The van der Waals surface area contributed by atoms with E-state index < -0.39 is 0 Å². The van der Waals surface area contributed by atoms with Crippen molar-refractivity contribution in [3.05, 3.63) is 0 Å². The number of likely N-dealkylation sites (N-methyl/N-ethyl adjacent to an activating group) is 1. The van der Waals surface area contributed by atoms with Crippen LogP contribution in [0.4, 0.5) is 0 Å². The summed E-state index contributed by atoms with van der Waals surface area (Å²) in [5.41, 5.74) is 0. The predicted octanol–water partition coefficient (Wildman–Crippen LogP) is 1.11. The molecule has 0 aliphatic carbocycles. The second-order valence-corrected chi connectivity index (χ2v) is 4.92. The molecule has 0 saturated carbocycles. The van der Waals surface area contributed by atoms with Crippen molar-refractivity contribution < 1.29 is 9.47 Å². The molecule has 1 N–H and O–H groups in total. The van der Waals surface area contributed by atoms with E-state index in [4.69, 9.17) is 9.47 Å². The highest BCUT2D eigenvalue weighted by Crippen LogP contribution is 2.17. The van der Waals surface area contributed by atoms with Crippen LogP contribution >= 0.6 is 0 Å². The van der Waals surface area contributed by atoms with E-state index in [2.05, 4.69) is 31.0 Å². The van der Waals surface area contributed by atoms with E-state index in [1.165, 1.54) is 0 Å². The molecule has 4 heteroatoms. The molecule has 0 aromatic carbocycles. The molecule has 1 fully saturated rings. The van der Waals surface area contributed by atoms with Crippen LogP contribution in [0.1, 0.15) is 27.2 Å². The molecule has 1 aliphatic heterocycles. The molecule has 4 nitrogen and oxygen atoms in total. The van der Waals surface area contributed by atoms with Crippen LogP contribution < -0.4 is 5.32 Å². The topological polar surface area (TPSA) is 33.7 Å². The zero-order valence-electron chi connectivity index (χ0n) is 11.7. The van der Waals surface area contributed by atoms with Gasteiger partial charge in [0, 0.05) is 38.4 Å². The van der Waals surface area contributed by atoms with Crippen LogP contribution in [0, 0.1) is 0 Å². The van der Waals surface area contributed by atoms with Crippen LogP contribution in [-0.4, -0.2) is 63.0 Å². The number of hydrogen-bond acceptors (Lipinski definition) is 4. The molecule has 0 radical (unpaired) electrons. The first-order valence-corrected chi connectivity index (χ1v) is 6.76. The standard InChI is InChI=1S/C13H28N2O2/c1-5-14-12-6-8-17-10-13(12)15(11(2)3)7-9-16-4/h11-14H,5-10H2,1-4H3. The Morgan fingerprint density at radius 2 is 2.24 bits per heavy atom. The van der Waals surface area contributed by atoms with E-state index >= 15 is 0 Å². The minimum absolute atomic E-state index is 0.471. The molecular weight excluding hydrogens is 216 g/mol. The molecule has 0 aromatic rings. The SMILES string of the molecule is CCNC1CCOCC1N(CCOC)C(C)C. The van der Waals surface area contributed by atoms with E-state index in [-0.39, 0.29) is 0 Å². The Morgan fingerprint density at radius 3 is 2.82 bits per heavy atom. The van der Waals surface area contributed by atoms with Crippen LogP contribution in [0.25, 0.3) is 0 Å². The Morgan fingerprint density at radius 1 is 1.47 bits per heavy atom. The van der Waals surface area contributed by atoms with E-state index in [0.29, 0.717) is 18.1 Å². The fourth-order valence-corrected chi connectivity index (χ4v) is 2.55. The van der Waals surface area contributed by atoms with Gasteiger partial charge in [-0.3, -0.25) is 4.90 Å². The third-order valence-electron chi connectivity index (χ3n) is 3.44. The highest BCUT2D eigenvalue weighted by atomic mass is 16.5. The van der Waals surface area contributed by atoms with E-state index in [9.17, 15) is 0 Å². The van der Waals surface area contributed by atoms with Crippen LogP contribution in [0.15, 0.2) is 0 Å². The van der Waals surface area contributed by atoms with E-state index in [1.807, 2.05) is 0 Å². The minimum Gasteiger partial charge on any atom is -0.383 e. The Labute approximate surface area is 106 Å². The fourth-order valence-electron chi connectivity index (χ4n) is 2.55. The molecule has 0 spiro atoms. The first-order chi connectivity index (χ1) is 8.20. The summed E-state index contributed by atoms with van der Waals surface area (Å²) >= 11 is 0. The Bertz CT molecular complexity index is 198. The Balaban J connectivity index is 2.60. The molecule has 0 amide bonds. The predicted molar refractivity (Wildman–Crippen MR) is 70.4 cm³/mol. The van der Waals surface area contributed by atoms with Gasteiger partial charge in [0.25, 0.3) is 0 Å². The number of rotatable bonds is 7. The van der Waals surface area contributed by atoms with Crippen molar-refractivity contribution in [3.63, 3.8) is 0 Å². The lowest BCUT2D eigenvalue weighted by molar-refractivity contribution is -0.0219. The smallest absolute Gasteiger partial charge is 0.0637 e. The normalized spacial score (nSPS) is 25.8. The van der Waals surface area contributed by atoms with Gasteiger partial charge in [-0.05, 0) is 26.8 Å². The molecule has 1 heterocycles. The Kier molecular flexibility index (Phi) is 7.04. The average molecular weight is 244 g/mol. The lowest BCUT2D eigenvalue weighted by atomic mass is 10.0. The zero-order chi connectivity index (χ0) is 12.7. The maximum atomic E-state index is 5.65. The molecule has 1 rings (SSSR count). The molecular formula is C13H28N2O2. The van der Waals surface area contributed by atoms with Gasteiger partial charge in [-0.25, -0.2) is 0 Å². The van der Waals surface area contributed by atoms with Gasteiger partial charge in [-0.15, -0.1) is 0 Å². The van der Waals surface area contributed by atoms with Crippen LogP contribution in [0.5, 0.6) is 0 Å². The lowest BCUT2D eigenvalue weighted by Crippen LogP contribution is -2.57. The third kappa shape index (κ3) is 4.54.